The van der Waals surface area contributed by atoms with Crippen LogP contribution in [0.1, 0.15) is 23.8 Å². The lowest BCUT2D eigenvalue weighted by molar-refractivity contribution is 0.297. The lowest BCUT2D eigenvalue weighted by Crippen LogP contribution is -2.19. The molecule has 1 atom stereocenters. The van der Waals surface area contributed by atoms with Crippen LogP contribution in [-0.4, -0.2) is 42.9 Å². The zero-order chi connectivity index (χ0) is 16.7. The van der Waals surface area contributed by atoms with E-state index in [4.69, 9.17) is 4.42 Å². The van der Waals surface area contributed by atoms with Crippen molar-refractivity contribution in [1.82, 2.24) is 15.1 Å². The van der Waals surface area contributed by atoms with E-state index in [1.165, 1.54) is 12.5 Å². The van der Waals surface area contributed by atoms with Crippen LogP contribution in [0.4, 0.5) is 0 Å². The molecule has 1 fully saturated rings. The molecule has 4 rings (SSSR count). The highest BCUT2D eigenvalue weighted by Gasteiger charge is 2.30. The van der Waals surface area contributed by atoms with Crippen LogP contribution in [0.5, 0.6) is 0 Å². The van der Waals surface area contributed by atoms with E-state index in [-0.39, 0.29) is 5.92 Å². The van der Waals surface area contributed by atoms with Crippen LogP contribution in [0.15, 0.2) is 45.8 Å². The number of nitrogens with one attached hydrogen (secondary N) is 1. The molecule has 24 heavy (non-hydrogen) atoms. The topological polar surface area (TPSA) is 79.2 Å². The first-order chi connectivity index (χ1) is 11.5. The normalized spacial score (nSPS) is 19.3. The van der Waals surface area contributed by atoms with Gasteiger partial charge >= 0.3 is 0 Å². The third-order valence-electron chi connectivity index (χ3n) is 4.57. The van der Waals surface area contributed by atoms with Gasteiger partial charge in [-0.25, -0.2) is 8.42 Å². The van der Waals surface area contributed by atoms with Crippen LogP contribution >= 0.6 is 0 Å². The summed E-state index contributed by atoms with van der Waals surface area (Å²) >= 11 is 0. The van der Waals surface area contributed by atoms with Gasteiger partial charge in [0, 0.05) is 24.1 Å². The van der Waals surface area contributed by atoms with Crippen molar-refractivity contribution < 1.29 is 12.8 Å². The van der Waals surface area contributed by atoms with E-state index in [1.54, 1.807) is 0 Å². The SMILES string of the molecule is CS(=O)(=O)c1cn[nH]c1[C@H]1CCN(Cc2cc3ccccc3o2)C1. The van der Waals surface area contributed by atoms with Gasteiger partial charge in [0.05, 0.1) is 18.4 Å². The lowest BCUT2D eigenvalue weighted by atomic mass is 10.1. The third-order valence-corrected chi connectivity index (χ3v) is 5.69. The number of hydrogen-bond donors (Lipinski definition) is 1. The second kappa shape index (κ2) is 5.75. The molecule has 0 bridgehead atoms. The molecule has 0 unspecified atom stereocenters. The van der Waals surface area contributed by atoms with Crippen molar-refractivity contribution in [2.24, 2.45) is 0 Å². The molecular weight excluding hydrogens is 326 g/mol. The number of furan rings is 1. The first kappa shape index (κ1) is 15.4. The Morgan fingerprint density at radius 1 is 1.38 bits per heavy atom. The first-order valence-corrected chi connectivity index (χ1v) is 9.83. The van der Waals surface area contributed by atoms with Gasteiger partial charge in [0.1, 0.15) is 16.2 Å². The van der Waals surface area contributed by atoms with Crippen LogP contribution in [-0.2, 0) is 16.4 Å². The second-order valence-corrected chi connectivity index (χ2v) is 8.38. The fraction of sp³-hybridized carbons (Fsp3) is 0.353. The quantitative estimate of drug-likeness (QED) is 0.786. The maximum atomic E-state index is 11.9. The van der Waals surface area contributed by atoms with E-state index in [9.17, 15) is 8.42 Å². The van der Waals surface area contributed by atoms with Crippen LogP contribution in [0.2, 0.25) is 0 Å². The molecule has 1 N–H and O–H groups in total. The molecule has 1 aliphatic heterocycles. The number of hydrogen-bond acceptors (Lipinski definition) is 5. The van der Waals surface area contributed by atoms with Gasteiger partial charge in [-0.15, -0.1) is 0 Å². The Hall–Kier alpha value is -2.12. The van der Waals surface area contributed by atoms with E-state index in [0.717, 1.165) is 48.5 Å². The molecule has 6 nitrogen and oxygen atoms in total. The molecule has 3 aromatic rings. The summed E-state index contributed by atoms with van der Waals surface area (Å²) in [4.78, 5) is 2.60. The molecule has 0 radical (unpaired) electrons. The summed E-state index contributed by atoms with van der Waals surface area (Å²) in [6.07, 6.45) is 3.54. The summed E-state index contributed by atoms with van der Waals surface area (Å²) in [6, 6.07) is 10.0. The van der Waals surface area contributed by atoms with Gasteiger partial charge in [-0.3, -0.25) is 10.00 Å². The van der Waals surface area contributed by atoms with Crippen LogP contribution in [0.25, 0.3) is 11.0 Å². The van der Waals surface area contributed by atoms with Crippen molar-refractivity contribution in [1.29, 1.82) is 0 Å². The Bertz CT molecular complexity index is 941. The molecule has 1 aliphatic rings. The van der Waals surface area contributed by atoms with Crippen molar-refractivity contribution in [3.8, 4) is 0 Å². The summed E-state index contributed by atoms with van der Waals surface area (Å²) in [5.74, 6) is 1.09. The number of H-pyrrole nitrogens is 1. The minimum atomic E-state index is -3.25. The van der Waals surface area contributed by atoms with E-state index >= 15 is 0 Å². The molecule has 0 amide bonds. The summed E-state index contributed by atoms with van der Waals surface area (Å²) in [5.41, 5.74) is 1.63. The number of rotatable bonds is 4. The Labute approximate surface area is 140 Å². The number of fused-ring (bicyclic) bond motifs is 1. The van der Waals surface area contributed by atoms with Gasteiger partial charge in [-0.1, -0.05) is 18.2 Å². The number of para-hydroxylation sites is 1. The highest BCUT2D eigenvalue weighted by molar-refractivity contribution is 7.90. The van der Waals surface area contributed by atoms with Crippen molar-refractivity contribution >= 4 is 20.8 Å². The summed E-state index contributed by atoms with van der Waals surface area (Å²) in [7, 11) is -3.25. The summed E-state index contributed by atoms with van der Waals surface area (Å²) in [5, 5.41) is 7.92. The molecule has 126 valence electrons. The molecule has 0 saturated carbocycles. The van der Waals surface area contributed by atoms with Crippen LogP contribution < -0.4 is 0 Å². The number of nitrogens with zero attached hydrogens (tertiary/aromatic N) is 2. The van der Waals surface area contributed by atoms with E-state index in [0.29, 0.717) is 4.90 Å². The fourth-order valence-electron chi connectivity index (χ4n) is 3.42. The van der Waals surface area contributed by atoms with E-state index in [1.807, 2.05) is 24.3 Å². The Morgan fingerprint density at radius 2 is 2.21 bits per heavy atom. The maximum Gasteiger partial charge on any atom is 0.178 e. The van der Waals surface area contributed by atoms with Gasteiger partial charge in [-0.05, 0) is 25.1 Å². The summed E-state index contributed by atoms with van der Waals surface area (Å²) in [6.45, 7) is 2.43. The second-order valence-electron chi connectivity index (χ2n) is 6.39. The zero-order valence-corrected chi connectivity index (χ0v) is 14.2. The standard InChI is InChI=1S/C17H19N3O3S/c1-24(21,22)16-9-18-19-17(16)13-6-7-20(10-13)11-14-8-12-4-2-3-5-15(12)23-14/h2-5,8-9,13H,6-7,10-11H2,1H3,(H,18,19)/t13-/m0/s1. The first-order valence-electron chi connectivity index (χ1n) is 7.94. The highest BCUT2D eigenvalue weighted by atomic mass is 32.2. The monoisotopic (exact) mass is 345 g/mol. The largest absolute Gasteiger partial charge is 0.460 e. The lowest BCUT2D eigenvalue weighted by Gasteiger charge is -2.14. The van der Waals surface area contributed by atoms with Gasteiger partial charge < -0.3 is 4.42 Å². The average molecular weight is 345 g/mol. The average Bonchev–Trinajstić information content (AvgIpc) is 3.24. The third kappa shape index (κ3) is 2.85. The van der Waals surface area contributed by atoms with Crippen molar-refractivity contribution in [2.75, 3.05) is 19.3 Å². The Balaban J connectivity index is 1.50. The van der Waals surface area contributed by atoms with Gasteiger partial charge in [-0.2, -0.15) is 5.10 Å². The van der Waals surface area contributed by atoms with Gasteiger partial charge in [0.25, 0.3) is 0 Å². The maximum absolute atomic E-state index is 11.9. The van der Waals surface area contributed by atoms with Gasteiger partial charge in [0.15, 0.2) is 9.84 Å². The molecule has 0 spiro atoms. The molecule has 1 aromatic carbocycles. The van der Waals surface area contributed by atoms with Crippen LogP contribution in [0, 0.1) is 0 Å². The number of sulfone groups is 1. The zero-order valence-electron chi connectivity index (χ0n) is 13.4. The molecule has 7 heteroatoms. The van der Waals surface area contributed by atoms with Crippen molar-refractivity contribution in [3.63, 3.8) is 0 Å². The molecular formula is C17H19N3O3S. The number of aromatic nitrogens is 2. The Kier molecular flexibility index (Phi) is 3.69. The minimum absolute atomic E-state index is 0.154. The van der Waals surface area contributed by atoms with Gasteiger partial charge in [0.2, 0.25) is 0 Å². The summed E-state index contributed by atoms with van der Waals surface area (Å²) < 4.78 is 29.6. The van der Waals surface area contributed by atoms with Crippen molar-refractivity contribution in [3.05, 3.63) is 48.0 Å². The number of aromatic amines is 1. The Morgan fingerprint density at radius 3 is 3.00 bits per heavy atom. The number of likely N-dealkylation sites (tertiary alicyclic amines) is 1. The predicted octanol–water partition coefficient (Wildman–Crippen LogP) is 2.55. The predicted molar refractivity (Wildman–Crippen MR) is 90.5 cm³/mol. The highest BCUT2D eigenvalue weighted by Crippen LogP contribution is 2.31. The van der Waals surface area contributed by atoms with E-state index in [2.05, 4.69) is 21.2 Å². The smallest absolute Gasteiger partial charge is 0.178 e. The molecule has 2 aromatic heterocycles. The fourth-order valence-corrected chi connectivity index (χ4v) is 4.28. The molecule has 3 heterocycles. The minimum Gasteiger partial charge on any atom is -0.460 e. The van der Waals surface area contributed by atoms with Crippen LogP contribution in [0.3, 0.4) is 0 Å². The molecule has 0 aliphatic carbocycles. The molecule has 1 saturated heterocycles. The number of benzene rings is 1. The van der Waals surface area contributed by atoms with Crippen molar-refractivity contribution in [2.45, 2.75) is 23.8 Å². The van der Waals surface area contributed by atoms with E-state index < -0.39 is 9.84 Å².